The number of ether oxygens (including phenoxy) is 2. The molecule has 1 aromatic heterocycles. The highest BCUT2D eigenvalue weighted by Gasteiger charge is 2.28. The van der Waals surface area contributed by atoms with Gasteiger partial charge in [-0.3, -0.25) is 4.98 Å². The van der Waals surface area contributed by atoms with E-state index in [1.54, 1.807) is 49.8 Å². The maximum atomic E-state index is 12.6. The van der Waals surface area contributed by atoms with Crippen molar-refractivity contribution in [1.29, 1.82) is 0 Å². The van der Waals surface area contributed by atoms with Gasteiger partial charge in [0.2, 0.25) is 0 Å². The van der Waals surface area contributed by atoms with Crippen LogP contribution in [-0.4, -0.2) is 52.5 Å². The molecule has 4 rings (SSSR count). The van der Waals surface area contributed by atoms with Gasteiger partial charge < -0.3 is 19.3 Å². The first kappa shape index (κ1) is 28.2. The number of methoxy groups -OCH3 is 1. The van der Waals surface area contributed by atoms with Gasteiger partial charge in [-0.25, -0.2) is 8.42 Å². The molecule has 2 heterocycles. The lowest BCUT2D eigenvalue weighted by atomic mass is 10.0. The third kappa shape index (κ3) is 7.09. The van der Waals surface area contributed by atoms with Crippen LogP contribution < -0.4 is 19.3 Å². The predicted molar refractivity (Wildman–Crippen MR) is 142 cm³/mol. The van der Waals surface area contributed by atoms with Crippen molar-refractivity contribution in [1.82, 2.24) is 4.98 Å². The highest BCUT2D eigenvalue weighted by atomic mass is 32.2. The van der Waals surface area contributed by atoms with Gasteiger partial charge in [-0.05, 0) is 61.4 Å². The van der Waals surface area contributed by atoms with Gasteiger partial charge in [0.05, 0.1) is 18.2 Å². The third-order valence-corrected chi connectivity index (χ3v) is 7.17. The fourth-order valence-corrected chi connectivity index (χ4v) is 4.98. The molecule has 1 saturated heterocycles. The van der Waals surface area contributed by atoms with Gasteiger partial charge in [-0.15, -0.1) is 0 Å². The van der Waals surface area contributed by atoms with Crippen molar-refractivity contribution in [2.24, 2.45) is 0 Å². The smallest absolute Gasteiger partial charge is 0.387 e. The summed E-state index contributed by atoms with van der Waals surface area (Å²) in [5.41, 5.74) is 2.57. The van der Waals surface area contributed by atoms with Crippen LogP contribution in [0.25, 0.3) is 0 Å². The molecule has 0 aliphatic carbocycles. The van der Waals surface area contributed by atoms with Gasteiger partial charge in [0.1, 0.15) is 17.2 Å². The number of hydrogen-bond acceptors (Lipinski definition) is 7. The largest absolute Gasteiger partial charge is 0.494 e. The van der Waals surface area contributed by atoms with E-state index in [0.29, 0.717) is 10.6 Å². The van der Waals surface area contributed by atoms with Crippen LogP contribution in [0, 0.1) is 0 Å². The Balaban J connectivity index is 0.00000186. The first-order chi connectivity index (χ1) is 17.8. The summed E-state index contributed by atoms with van der Waals surface area (Å²) in [6, 6.07) is 15.4. The van der Waals surface area contributed by atoms with Gasteiger partial charge in [-0.1, -0.05) is 13.8 Å². The molecule has 3 aromatic rings. The number of hydrogen-bond donors (Lipinski definition) is 0. The Kier molecular flexibility index (Phi) is 9.68. The zero-order valence-electron chi connectivity index (χ0n) is 21.5. The number of rotatable bonds is 8. The molecular formula is C27H33F2N3O4S. The van der Waals surface area contributed by atoms with E-state index >= 15 is 0 Å². The van der Waals surface area contributed by atoms with Crippen LogP contribution in [-0.2, 0) is 9.84 Å². The van der Waals surface area contributed by atoms with Crippen molar-refractivity contribution in [2.45, 2.75) is 44.2 Å². The minimum atomic E-state index is -3.24. The number of nitrogens with zero attached hydrogens (tertiary/aromatic N) is 3. The molecule has 1 aliphatic heterocycles. The van der Waals surface area contributed by atoms with Crippen LogP contribution in [0.1, 0.15) is 26.7 Å². The van der Waals surface area contributed by atoms with E-state index in [4.69, 9.17) is 4.74 Å². The topological polar surface area (TPSA) is 72.0 Å². The van der Waals surface area contributed by atoms with Crippen molar-refractivity contribution in [2.75, 3.05) is 36.3 Å². The van der Waals surface area contributed by atoms with Crippen LogP contribution in [0.2, 0.25) is 0 Å². The lowest BCUT2D eigenvalue weighted by molar-refractivity contribution is -0.0498. The lowest BCUT2D eigenvalue weighted by Gasteiger charge is -2.41. The molecule has 0 saturated carbocycles. The predicted octanol–water partition coefficient (Wildman–Crippen LogP) is 5.93. The second-order valence-corrected chi connectivity index (χ2v) is 10.3. The molecule has 7 nitrogen and oxygen atoms in total. The molecule has 0 amide bonds. The second kappa shape index (κ2) is 12.7. The molecule has 0 bridgehead atoms. The molecule has 1 aliphatic rings. The molecule has 0 atom stereocenters. The van der Waals surface area contributed by atoms with Crippen molar-refractivity contribution in [3.05, 3.63) is 67.0 Å². The van der Waals surface area contributed by atoms with Gasteiger partial charge in [0, 0.05) is 49.0 Å². The van der Waals surface area contributed by atoms with Crippen molar-refractivity contribution in [3.63, 3.8) is 0 Å². The van der Waals surface area contributed by atoms with Crippen molar-refractivity contribution < 1.29 is 26.7 Å². The Morgan fingerprint density at radius 3 is 2.16 bits per heavy atom. The van der Waals surface area contributed by atoms with Crippen LogP contribution in [0.4, 0.5) is 25.8 Å². The summed E-state index contributed by atoms with van der Waals surface area (Å²) in [4.78, 5) is 8.92. The SMILES string of the molecule is CC.COc1ccncc1N(c1ccc(OC(F)F)cc1)C1CCN(c2ccc(S(C)(=O)=O)cc2)CC1. The molecule has 0 spiro atoms. The highest BCUT2D eigenvalue weighted by molar-refractivity contribution is 7.90. The molecule has 2 aromatic carbocycles. The Labute approximate surface area is 217 Å². The summed E-state index contributed by atoms with van der Waals surface area (Å²) in [6.45, 7) is 2.63. The normalized spacial score (nSPS) is 14.1. The minimum absolute atomic E-state index is 0.0919. The van der Waals surface area contributed by atoms with E-state index in [-0.39, 0.29) is 11.8 Å². The first-order valence-corrected chi connectivity index (χ1v) is 14.0. The second-order valence-electron chi connectivity index (χ2n) is 8.27. The van der Waals surface area contributed by atoms with E-state index in [0.717, 1.165) is 43.0 Å². The summed E-state index contributed by atoms with van der Waals surface area (Å²) >= 11 is 0. The molecule has 200 valence electrons. The van der Waals surface area contributed by atoms with Crippen LogP contribution in [0.5, 0.6) is 11.5 Å². The van der Waals surface area contributed by atoms with Crippen LogP contribution in [0.15, 0.2) is 71.9 Å². The maximum absolute atomic E-state index is 12.6. The number of aromatic nitrogens is 1. The fraction of sp³-hybridized carbons (Fsp3) is 0.370. The van der Waals surface area contributed by atoms with Crippen molar-refractivity contribution >= 4 is 26.9 Å². The quantitative estimate of drug-likeness (QED) is 0.355. The van der Waals surface area contributed by atoms with Crippen molar-refractivity contribution in [3.8, 4) is 11.5 Å². The van der Waals surface area contributed by atoms with Crippen LogP contribution in [0.3, 0.4) is 0 Å². The lowest BCUT2D eigenvalue weighted by Crippen LogP contribution is -2.43. The zero-order chi connectivity index (χ0) is 27.0. The fourth-order valence-electron chi connectivity index (χ4n) is 4.35. The number of benzene rings is 2. The number of piperidine rings is 1. The van der Waals surface area contributed by atoms with E-state index < -0.39 is 16.4 Å². The van der Waals surface area contributed by atoms with Gasteiger partial charge in [0.25, 0.3) is 0 Å². The Hall–Kier alpha value is -3.40. The summed E-state index contributed by atoms with van der Waals surface area (Å²) in [6.07, 6.45) is 6.20. The Bertz CT molecular complexity index is 1230. The summed E-state index contributed by atoms with van der Waals surface area (Å²) < 4.78 is 58.8. The number of alkyl halides is 2. The summed E-state index contributed by atoms with van der Waals surface area (Å²) in [5.74, 6) is 0.751. The van der Waals surface area contributed by atoms with Gasteiger partial charge in [-0.2, -0.15) is 8.78 Å². The molecular weight excluding hydrogens is 500 g/mol. The Morgan fingerprint density at radius 1 is 1.00 bits per heavy atom. The van der Waals surface area contributed by atoms with Gasteiger partial charge in [0.15, 0.2) is 9.84 Å². The maximum Gasteiger partial charge on any atom is 0.387 e. The number of anilines is 3. The molecule has 10 heteroatoms. The van der Waals surface area contributed by atoms with Crippen LogP contribution >= 0.6 is 0 Å². The van der Waals surface area contributed by atoms with E-state index in [9.17, 15) is 17.2 Å². The average Bonchev–Trinajstić information content (AvgIpc) is 2.91. The monoisotopic (exact) mass is 533 g/mol. The molecule has 0 N–H and O–H groups in total. The molecule has 37 heavy (non-hydrogen) atoms. The number of pyridine rings is 1. The van der Waals surface area contributed by atoms with E-state index in [1.807, 2.05) is 26.0 Å². The third-order valence-electron chi connectivity index (χ3n) is 6.04. The molecule has 1 fully saturated rings. The number of halogens is 2. The summed E-state index contributed by atoms with van der Waals surface area (Å²) in [7, 11) is -1.65. The minimum Gasteiger partial charge on any atom is -0.494 e. The Morgan fingerprint density at radius 2 is 1.62 bits per heavy atom. The summed E-state index contributed by atoms with van der Waals surface area (Å²) in [5, 5.41) is 0. The number of sulfone groups is 1. The highest BCUT2D eigenvalue weighted by Crippen LogP contribution is 2.38. The average molecular weight is 534 g/mol. The van der Waals surface area contributed by atoms with Gasteiger partial charge >= 0.3 is 6.61 Å². The van der Waals surface area contributed by atoms with E-state index in [1.165, 1.54) is 18.4 Å². The van der Waals surface area contributed by atoms with E-state index in [2.05, 4.69) is 19.5 Å². The standard InChI is InChI=1S/C25H27F2N3O4S.C2H6/c1-33-24-11-14-28-17-23(24)30(19-3-7-21(8-4-19)34-25(26)27)20-12-15-29(16-13-20)18-5-9-22(10-6-18)35(2,31)32;1-2/h3-11,14,17,20,25H,12-13,15-16H2,1-2H3;1-2H3. The first-order valence-electron chi connectivity index (χ1n) is 12.1. The molecule has 0 unspecified atom stereocenters. The molecule has 0 radical (unpaired) electrons. The zero-order valence-corrected chi connectivity index (χ0v) is 22.3.